The highest BCUT2D eigenvalue weighted by atomic mass is 35.5. The van der Waals surface area contributed by atoms with E-state index < -0.39 is 0 Å². The normalized spacial score (nSPS) is 10.9. The molecule has 1 aromatic heterocycles. The molecule has 0 bridgehead atoms. The fourth-order valence-electron chi connectivity index (χ4n) is 1.95. The van der Waals surface area contributed by atoms with Crippen LogP contribution in [0.2, 0.25) is 5.02 Å². The summed E-state index contributed by atoms with van der Waals surface area (Å²) in [6, 6.07) is 5.90. The van der Waals surface area contributed by atoms with Gasteiger partial charge in [-0.3, -0.25) is 0 Å². The zero-order chi connectivity index (χ0) is 11.5. The largest absolute Gasteiger partial charge is 0.482 e. The highest BCUT2D eigenvalue weighted by Crippen LogP contribution is 2.31. The SMILES string of the molecule is CCCCc1[nH]c(OC)c2ccc(Cl)cc12. The third-order valence-electron chi connectivity index (χ3n) is 2.80. The van der Waals surface area contributed by atoms with Crippen LogP contribution in [0.5, 0.6) is 5.88 Å². The number of aryl methyl sites for hydroxylation is 1. The van der Waals surface area contributed by atoms with Crippen molar-refractivity contribution in [2.75, 3.05) is 7.11 Å². The van der Waals surface area contributed by atoms with E-state index in [0.29, 0.717) is 0 Å². The van der Waals surface area contributed by atoms with Gasteiger partial charge in [0.05, 0.1) is 7.11 Å². The van der Waals surface area contributed by atoms with E-state index >= 15 is 0 Å². The lowest BCUT2D eigenvalue weighted by molar-refractivity contribution is 0.404. The molecule has 0 atom stereocenters. The maximum absolute atomic E-state index is 6.02. The van der Waals surface area contributed by atoms with Crippen LogP contribution in [0.3, 0.4) is 0 Å². The molecule has 3 heteroatoms. The summed E-state index contributed by atoms with van der Waals surface area (Å²) in [6.45, 7) is 2.19. The first-order chi connectivity index (χ1) is 7.76. The maximum atomic E-state index is 6.02. The molecular weight excluding hydrogens is 222 g/mol. The van der Waals surface area contributed by atoms with Crippen LogP contribution in [0.4, 0.5) is 0 Å². The van der Waals surface area contributed by atoms with Crippen LogP contribution >= 0.6 is 11.6 Å². The van der Waals surface area contributed by atoms with E-state index in [1.54, 1.807) is 7.11 Å². The topological polar surface area (TPSA) is 25.0 Å². The Balaban J connectivity index is 2.50. The summed E-state index contributed by atoms with van der Waals surface area (Å²) in [7, 11) is 1.68. The Kier molecular flexibility index (Phi) is 3.39. The van der Waals surface area contributed by atoms with Crippen molar-refractivity contribution >= 4 is 22.4 Å². The Bertz CT molecular complexity index is 490. The van der Waals surface area contributed by atoms with E-state index in [4.69, 9.17) is 16.3 Å². The average molecular weight is 238 g/mol. The molecule has 0 saturated heterocycles. The monoisotopic (exact) mass is 237 g/mol. The lowest BCUT2D eigenvalue weighted by Crippen LogP contribution is -1.86. The Morgan fingerprint density at radius 2 is 2.12 bits per heavy atom. The van der Waals surface area contributed by atoms with Gasteiger partial charge in [0.1, 0.15) is 0 Å². The second-order valence-corrected chi connectivity index (χ2v) is 4.37. The first-order valence-corrected chi connectivity index (χ1v) is 5.98. The summed E-state index contributed by atoms with van der Waals surface area (Å²) in [4.78, 5) is 3.32. The van der Waals surface area contributed by atoms with Gasteiger partial charge < -0.3 is 9.72 Å². The Labute approximate surface area is 101 Å². The summed E-state index contributed by atoms with van der Waals surface area (Å²) in [6.07, 6.45) is 3.39. The molecule has 1 heterocycles. The van der Waals surface area contributed by atoms with Crippen LogP contribution in [0.1, 0.15) is 25.5 Å². The average Bonchev–Trinajstić information content (AvgIpc) is 2.64. The van der Waals surface area contributed by atoms with Crippen LogP contribution in [-0.4, -0.2) is 12.1 Å². The van der Waals surface area contributed by atoms with Crippen molar-refractivity contribution in [3.8, 4) is 5.88 Å². The molecule has 16 heavy (non-hydrogen) atoms. The fourth-order valence-corrected chi connectivity index (χ4v) is 2.12. The number of rotatable bonds is 4. The number of fused-ring (bicyclic) bond motifs is 1. The summed E-state index contributed by atoms with van der Waals surface area (Å²) in [5.41, 5.74) is 1.22. The van der Waals surface area contributed by atoms with Crippen LogP contribution in [-0.2, 0) is 6.42 Å². The smallest absolute Gasteiger partial charge is 0.198 e. The lowest BCUT2D eigenvalue weighted by Gasteiger charge is -1.97. The van der Waals surface area contributed by atoms with Crippen LogP contribution in [0.15, 0.2) is 18.2 Å². The number of aromatic amines is 1. The Morgan fingerprint density at radius 3 is 2.81 bits per heavy atom. The Morgan fingerprint density at radius 1 is 1.31 bits per heavy atom. The van der Waals surface area contributed by atoms with Gasteiger partial charge in [0.25, 0.3) is 0 Å². The van der Waals surface area contributed by atoms with Crippen molar-refractivity contribution < 1.29 is 4.74 Å². The van der Waals surface area contributed by atoms with Crippen molar-refractivity contribution in [3.63, 3.8) is 0 Å². The minimum absolute atomic E-state index is 0.770. The molecule has 0 unspecified atom stereocenters. The molecule has 0 aliphatic rings. The molecule has 0 radical (unpaired) electrons. The number of aromatic nitrogens is 1. The number of halogens is 1. The zero-order valence-electron chi connectivity index (χ0n) is 9.64. The zero-order valence-corrected chi connectivity index (χ0v) is 10.4. The summed E-state index contributed by atoms with van der Waals surface area (Å²) in [5.74, 6) is 0.831. The first-order valence-electron chi connectivity index (χ1n) is 5.60. The summed E-state index contributed by atoms with van der Waals surface area (Å²) >= 11 is 6.02. The third-order valence-corrected chi connectivity index (χ3v) is 3.04. The van der Waals surface area contributed by atoms with Crippen molar-refractivity contribution in [2.45, 2.75) is 26.2 Å². The highest BCUT2D eigenvalue weighted by Gasteiger charge is 2.10. The second kappa shape index (κ2) is 4.79. The molecule has 0 amide bonds. The number of H-pyrrole nitrogens is 1. The van der Waals surface area contributed by atoms with Crippen LogP contribution in [0.25, 0.3) is 10.8 Å². The molecule has 0 aliphatic carbocycles. The molecule has 1 N–H and O–H groups in total. The number of methoxy groups -OCH3 is 1. The molecular formula is C13H16ClNO. The van der Waals surface area contributed by atoms with Crippen molar-refractivity contribution in [2.24, 2.45) is 0 Å². The predicted octanol–water partition coefficient (Wildman–Crippen LogP) is 4.17. The molecule has 86 valence electrons. The van der Waals surface area contributed by atoms with Crippen molar-refractivity contribution in [3.05, 3.63) is 28.9 Å². The molecule has 0 fully saturated rings. The number of hydrogen-bond donors (Lipinski definition) is 1. The minimum atomic E-state index is 0.770. The summed E-state index contributed by atoms with van der Waals surface area (Å²) in [5, 5.41) is 3.06. The second-order valence-electron chi connectivity index (χ2n) is 3.93. The van der Waals surface area contributed by atoms with Gasteiger partial charge in [-0.1, -0.05) is 24.9 Å². The van der Waals surface area contributed by atoms with E-state index in [2.05, 4.69) is 11.9 Å². The number of nitrogens with one attached hydrogen (secondary N) is 1. The van der Waals surface area contributed by atoms with E-state index in [-0.39, 0.29) is 0 Å². The Hall–Kier alpha value is -1.15. The number of hydrogen-bond acceptors (Lipinski definition) is 1. The molecule has 0 saturated carbocycles. The van der Waals surface area contributed by atoms with Gasteiger partial charge in [-0.05, 0) is 31.0 Å². The van der Waals surface area contributed by atoms with Gasteiger partial charge in [-0.2, -0.15) is 0 Å². The van der Waals surface area contributed by atoms with Gasteiger partial charge in [0.2, 0.25) is 0 Å². The van der Waals surface area contributed by atoms with Crippen LogP contribution < -0.4 is 4.74 Å². The number of unbranched alkanes of at least 4 members (excludes halogenated alkanes) is 1. The summed E-state index contributed by atoms with van der Waals surface area (Å²) < 4.78 is 5.33. The first kappa shape index (κ1) is 11.3. The van der Waals surface area contributed by atoms with Crippen molar-refractivity contribution in [1.82, 2.24) is 4.98 Å². The maximum Gasteiger partial charge on any atom is 0.198 e. The molecule has 0 spiro atoms. The molecule has 2 aromatic rings. The van der Waals surface area contributed by atoms with Gasteiger partial charge in [0.15, 0.2) is 5.88 Å². The fraction of sp³-hybridized carbons (Fsp3) is 0.385. The van der Waals surface area contributed by atoms with Gasteiger partial charge in [-0.25, -0.2) is 0 Å². The van der Waals surface area contributed by atoms with Gasteiger partial charge in [0, 0.05) is 21.5 Å². The van der Waals surface area contributed by atoms with Crippen molar-refractivity contribution in [1.29, 1.82) is 0 Å². The third kappa shape index (κ3) is 2.03. The van der Waals surface area contributed by atoms with E-state index in [9.17, 15) is 0 Å². The molecule has 2 nitrogen and oxygen atoms in total. The predicted molar refractivity (Wildman–Crippen MR) is 68.5 cm³/mol. The number of ether oxygens (including phenoxy) is 1. The van der Waals surface area contributed by atoms with E-state index in [1.165, 1.54) is 23.9 Å². The molecule has 1 aromatic carbocycles. The quantitative estimate of drug-likeness (QED) is 0.848. The van der Waals surface area contributed by atoms with E-state index in [0.717, 1.165) is 22.7 Å². The van der Waals surface area contributed by atoms with E-state index in [1.807, 2.05) is 18.2 Å². The number of benzene rings is 1. The van der Waals surface area contributed by atoms with Crippen LogP contribution in [0, 0.1) is 0 Å². The standard InChI is InChI=1S/C13H16ClNO/c1-3-4-5-12-11-8-9(14)6-7-10(11)13(15-12)16-2/h6-8,15H,3-5H2,1-2H3. The van der Waals surface area contributed by atoms with Gasteiger partial charge >= 0.3 is 0 Å². The molecule has 0 aliphatic heterocycles. The van der Waals surface area contributed by atoms with Gasteiger partial charge in [-0.15, -0.1) is 0 Å². The lowest BCUT2D eigenvalue weighted by atomic mass is 10.1. The molecule has 2 rings (SSSR count). The minimum Gasteiger partial charge on any atom is -0.482 e. The highest BCUT2D eigenvalue weighted by molar-refractivity contribution is 6.31.